The maximum atomic E-state index is 13.8. The molecule has 0 unspecified atom stereocenters. The standard InChI is InChI=1S/C35H35NO4/c1-34(2,3)40-33(39)31(22-26(37)23-32(38)24-14-6-4-7-15-24)36-35(25-16-8-5-9-17-25)29-20-12-10-18-27(29)28-19-11-13-21-30(28)35/h4-21,26,31,36-37H,22-23H2,1-3H3/t26-,31+/m1/s1. The Hall–Kier alpha value is -4.06. The Kier molecular flexibility index (Phi) is 7.70. The largest absolute Gasteiger partial charge is 0.459 e. The number of hydrogen-bond acceptors (Lipinski definition) is 5. The van der Waals surface area contributed by atoms with Crippen LogP contribution >= 0.6 is 0 Å². The molecule has 0 saturated heterocycles. The highest BCUT2D eigenvalue weighted by molar-refractivity contribution is 5.96. The number of esters is 1. The molecule has 0 saturated carbocycles. The van der Waals surface area contributed by atoms with Crippen LogP contribution in [-0.2, 0) is 15.1 Å². The van der Waals surface area contributed by atoms with Gasteiger partial charge in [-0.3, -0.25) is 14.9 Å². The monoisotopic (exact) mass is 533 g/mol. The summed E-state index contributed by atoms with van der Waals surface area (Å²) in [5.74, 6) is -0.652. The molecule has 0 radical (unpaired) electrons. The van der Waals surface area contributed by atoms with Gasteiger partial charge < -0.3 is 9.84 Å². The Bertz CT molecular complexity index is 1450. The van der Waals surface area contributed by atoms with Crippen LogP contribution in [0.15, 0.2) is 109 Å². The van der Waals surface area contributed by atoms with Crippen molar-refractivity contribution in [1.29, 1.82) is 0 Å². The predicted octanol–water partition coefficient (Wildman–Crippen LogP) is 6.28. The number of benzene rings is 4. The minimum Gasteiger partial charge on any atom is -0.459 e. The molecule has 2 N–H and O–H groups in total. The molecule has 0 aromatic heterocycles. The molecular weight excluding hydrogens is 498 g/mol. The second-order valence-electron chi connectivity index (χ2n) is 11.3. The number of nitrogens with one attached hydrogen (secondary N) is 1. The fourth-order valence-corrected chi connectivity index (χ4v) is 5.63. The van der Waals surface area contributed by atoms with Crippen LogP contribution in [0.25, 0.3) is 11.1 Å². The van der Waals surface area contributed by atoms with Gasteiger partial charge in [0.1, 0.15) is 11.6 Å². The molecule has 0 fully saturated rings. The zero-order chi connectivity index (χ0) is 28.3. The number of hydrogen-bond donors (Lipinski definition) is 2. The first-order valence-electron chi connectivity index (χ1n) is 13.7. The SMILES string of the molecule is CC(C)(C)OC(=O)[C@H](C[C@@H](O)CC(=O)c1ccccc1)NC1(c2ccccc2)c2ccccc2-c2ccccc21. The Labute approximate surface area is 235 Å². The van der Waals surface area contributed by atoms with Crippen LogP contribution in [0.1, 0.15) is 60.7 Å². The number of carbonyl (C=O) groups is 2. The lowest BCUT2D eigenvalue weighted by Gasteiger charge is -2.38. The summed E-state index contributed by atoms with van der Waals surface area (Å²) < 4.78 is 5.86. The minimum atomic E-state index is -1.06. The third-order valence-electron chi connectivity index (χ3n) is 7.27. The number of aliphatic hydroxyl groups excluding tert-OH is 1. The van der Waals surface area contributed by atoms with E-state index in [9.17, 15) is 14.7 Å². The van der Waals surface area contributed by atoms with Gasteiger partial charge in [0, 0.05) is 12.0 Å². The van der Waals surface area contributed by atoms with E-state index in [1.807, 2.05) is 81.4 Å². The van der Waals surface area contributed by atoms with Crippen molar-refractivity contribution in [2.24, 2.45) is 0 Å². The third kappa shape index (κ3) is 5.48. The average Bonchev–Trinajstić information content (AvgIpc) is 3.23. The Morgan fingerprint density at radius 3 is 1.82 bits per heavy atom. The molecule has 1 aliphatic carbocycles. The molecule has 0 spiro atoms. The molecule has 5 nitrogen and oxygen atoms in total. The lowest BCUT2D eigenvalue weighted by atomic mass is 9.79. The fraction of sp³-hybridized carbons (Fsp3) is 0.257. The van der Waals surface area contributed by atoms with E-state index >= 15 is 0 Å². The van der Waals surface area contributed by atoms with Crippen molar-refractivity contribution in [2.45, 2.75) is 56.9 Å². The average molecular weight is 534 g/mol. The van der Waals surface area contributed by atoms with E-state index in [-0.39, 0.29) is 18.6 Å². The summed E-state index contributed by atoms with van der Waals surface area (Å²) in [7, 11) is 0. The van der Waals surface area contributed by atoms with Gasteiger partial charge in [0.2, 0.25) is 0 Å². The van der Waals surface area contributed by atoms with E-state index in [0.717, 1.165) is 27.8 Å². The quantitative estimate of drug-likeness (QED) is 0.196. The van der Waals surface area contributed by atoms with Crippen molar-refractivity contribution in [1.82, 2.24) is 5.32 Å². The Balaban J connectivity index is 1.57. The van der Waals surface area contributed by atoms with Crippen LogP contribution < -0.4 is 5.32 Å². The first-order valence-corrected chi connectivity index (χ1v) is 13.7. The Morgan fingerprint density at radius 2 is 1.27 bits per heavy atom. The summed E-state index contributed by atoms with van der Waals surface area (Å²) in [5.41, 5.74) is 4.09. The van der Waals surface area contributed by atoms with Gasteiger partial charge in [0.25, 0.3) is 0 Å². The van der Waals surface area contributed by atoms with Gasteiger partial charge in [0.05, 0.1) is 11.6 Å². The summed E-state index contributed by atoms with van der Waals surface area (Å²) in [6.45, 7) is 5.47. The molecule has 5 rings (SSSR count). The molecule has 0 amide bonds. The maximum absolute atomic E-state index is 13.8. The number of carbonyl (C=O) groups excluding carboxylic acids is 2. The van der Waals surface area contributed by atoms with Gasteiger partial charge >= 0.3 is 5.97 Å². The topological polar surface area (TPSA) is 75.6 Å². The summed E-state index contributed by atoms with van der Waals surface area (Å²) in [6.07, 6.45) is -1.15. The van der Waals surface area contributed by atoms with E-state index in [1.165, 1.54) is 0 Å². The lowest BCUT2D eigenvalue weighted by Crippen LogP contribution is -2.54. The zero-order valence-electron chi connectivity index (χ0n) is 23.1. The zero-order valence-corrected chi connectivity index (χ0v) is 23.1. The van der Waals surface area contributed by atoms with E-state index in [1.54, 1.807) is 24.3 Å². The van der Waals surface area contributed by atoms with Gasteiger partial charge in [-0.2, -0.15) is 0 Å². The Morgan fingerprint density at radius 1 is 0.775 bits per heavy atom. The van der Waals surface area contributed by atoms with Gasteiger partial charge in [0.15, 0.2) is 5.78 Å². The normalized spacial score (nSPS) is 15.0. The number of rotatable bonds is 9. The lowest BCUT2D eigenvalue weighted by molar-refractivity contribution is -0.158. The third-order valence-corrected chi connectivity index (χ3v) is 7.27. The summed E-state index contributed by atoms with van der Waals surface area (Å²) in [4.78, 5) is 26.6. The minimum absolute atomic E-state index is 0.00635. The second-order valence-corrected chi connectivity index (χ2v) is 11.3. The number of aliphatic hydroxyl groups is 1. The highest BCUT2D eigenvalue weighted by atomic mass is 16.6. The summed E-state index contributed by atoms with van der Waals surface area (Å²) >= 11 is 0. The van der Waals surface area contributed by atoms with E-state index in [0.29, 0.717) is 5.56 Å². The van der Waals surface area contributed by atoms with Gasteiger partial charge in [-0.1, -0.05) is 109 Å². The van der Waals surface area contributed by atoms with Gasteiger partial charge in [-0.25, -0.2) is 0 Å². The number of fused-ring (bicyclic) bond motifs is 3. The number of Topliss-reactive ketones (excluding diaryl/α,β-unsaturated/α-hetero) is 1. The number of ether oxygens (including phenoxy) is 1. The molecule has 0 bridgehead atoms. The summed E-state index contributed by atoms with van der Waals surface area (Å²) in [6, 6.07) is 34.4. The van der Waals surface area contributed by atoms with Crippen molar-refractivity contribution in [3.63, 3.8) is 0 Å². The molecular formula is C35H35NO4. The van der Waals surface area contributed by atoms with E-state index in [2.05, 4.69) is 29.6 Å². The van der Waals surface area contributed by atoms with Crippen molar-refractivity contribution < 1.29 is 19.4 Å². The van der Waals surface area contributed by atoms with Crippen LogP contribution in [0.3, 0.4) is 0 Å². The molecule has 0 aliphatic heterocycles. The van der Waals surface area contributed by atoms with Gasteiger partial charge in [-0.05, 0) is 55.0 Å². The first-order chi connectivity index (χ1) is 19.2. The van der Waals surface area contributed by atoms with Crippen molar-refractivity contribution in [3.05, 3.63) is 131 Å². The van der Waals surface area contributed by atoms with Crippen molar-refractivity contribution in [2.75, 3.05) is 0 Å². The highest BCUT2D eigenvalue weighted by Crippen LogP contribution is 2.51. The van der Waals surface area contributed by atoms with E-state index in [4.69, 9.17) is 4.74 Å². The van der Waals surface area contributed by atoms with Gasteiger partial charge in [-0.15, -0.1) is 0 Å². The van der Waals surface area contributed by atoms with Crippen LogP contribution in [0.2, 0.25) is 0 Å². The van der Waals surface area contributed by atoms with Crippen LogP contribution in [0.5, 0.6) is 0 Å². The second kappa shape index (κ2) is 11.2. The molecule has 4 aromatic rings. The smallest absolute Gasteiger partial charge is 0.323 e. The molecule has 1 aliphatic rings. The van der Waals surface area contributed by atoms with Crippen molar-refractivity contribution >= 4 is 11.8 Å². The van der Waals surface area contributed by atoms with Crippen molar-refractivity contribution in [3.8, 4) is 11.1 Å². The van der Waals surface area contributed by atoms with Crippen LogP contribution in [0, 0.1) is 0 Å². The number of ketones is 1. The molecule has 4 aromatic carbocycles. The molecule has 40 heavy (non-hydrogen) atoms. The molecule has 204 valence electrons. The van der Waals surface area contributed by atoms with E-state index < -0.39 is 29.3 Å². The predicted molar refractivity (Wildman–Crippen MR) is 157 cm³/mol. The van der Waals surface area contributed by atoms with Crippen LogP contribution in [-0.4, -0.2) is 34.6 Å². The maximum Gasteiger partial charge on any atom is 0.323 e. The molecule has 5 heteroatoms. The molecule has 0 heterocycles. The fourth-order valence-electron chi connectivity index (χ4n) is 5.63. The first kappa shape index (κ1) is 27.5. The highest BCUT2D eigenvalue weighted by Gasteiger charge is 2.47. The molecule has 2 atom stereocenters. The van der Waals surface area contributed by atoms with Crippen LogP contribution in [0.4, 0.5) is 0 Å². The summed E-state index contributed by atoms with van der Waals surface area (Å²) in [5, 5.41) is 14.8.